The summed E-state index contributed by atoms with van der Waals surface area (Å²) in [5, 5.41) is 12.3. The molecule has 0 amide bonds. The highest BCUT2D eigenvalue weighted by Crippen LogP contribution is 2.31. The van der Waals surface area contributed by atoms with Crippen molar-refractivity contribution < 1.29 is 13.5 Å². The summed E-state index contributed by atoms with van der Waals surface area (Å²) in [7, 11) is -1.58. The fourth-order valence-electron chi connectivity index (χ4n) is 1.81. The molecular formula is C8H16N2O3S. The fraction of sp³-hybridized carbons (Fsp3) is 1.00. The molecule has 1 aliphatic carbocycles. The van der Waals surface area contributed by atoms with Crippen molar-refractivity contribution in [2.75, 3.05) is 20.1 Å². The third-order valence-electron chi connectivity index (χ3n) is 2.97. The number of sulfonamides is 1. The molecule has 0 aromatic heterocycles. The van der Waals surface area contributed by atoms with Crippen LogP contribution in [0.15, 0.2) is 0 Å². The topological polar surface area (TPSA) is 69.6 Å². The Labute approximate surface area is 84.1 Å². The lowest BCUT2D eigenvalue weighted by molar-refractivity contribution is 0.136. The van der Waals surface area contributed by atoms with Gasteiger partial charge in [-0.2, -0.15) is 4.31 Å². The Hall–Kier alpha value is -0.170. The molecule has 0 radical (unpaired) electrons. The van der Waals surface area contributed by atoms with E-state index in [1.807, 2.05) is 0 Å². The first-order chi connectivity index (χ1) is 6.53. The number of aliphatic hydroxyl groups excluding tert-OH is 1. The number of nitrogens with zero attached hydrogens (tertiary/aromatic N) is 1. The summed E-state index contributed by atoms with van der Waals surface area (Å²) in [6.07, 6.45) is 0.958. The summed E-state index contributed by atoms with van der Waals surface area (Å²) in [6.45, 7) is 1.03. The minimum Gasteiger partial charge on any atom is -0.390 e. The second-order valence-electron chi connectivity index (χ2n) is 4.05. The molecule has 2 fully saturated rings. The van der Waals surface area contributed by atoms with E-state index in [0.29, 0.717) is 13.1 Å². The van der Waals surface area contributed by atoms with Crippen LogP contribution < -0.4 is 5.32 Å². The summed E-state index contributed by atoms with van der Waals surface area (Å²) in [5.41, 5.74) is 0. The van der Waals surface area contributed by atoms with E-state index in [1.165, 1.54) is 4.31 Å². The van der Waals surface area contributed by atoms with Crippen molar-refractivity contribution in [3.05, 3.63) is 0 Å². The van der Waals surface area contributed by atoms with E-state index in [2.05, 4.69) is 5.32 Å². The van der Waals surface area contributed by atoms with Gasteiger partial charge in [0, 0.05) is 20.1 Å². The van der Waals surface area contributed by atoms with E-state index in [9.17, 15) is 13.5 Å². The first-order valence-corrected chi connectivity index (χ1v) is 6.39. The molecule has 6 heteroatoms. The minimum absolute atomic E-state index is 0.194. The van der Waals surface area contributed by atoms with Gasteiger partial charge in [-0.3, -0.25) is 0 Å². The molecule has 0 aromatic carbocycles. The van der Waals surface area contributed by atoms with Crippen molar-refractivity contribution >= 4 is 10.0 Å². The lowest BCUT2D eigenvalue weighted by atomic mass is 10.2. The maximum absolute atomic E-state index is 11.8. The van der Waals surface area contributed by atoms with E-state index in [0.717, 1.165) is 12.8 Å². The highest BCUT2D eigenvalue weighted by Gasteiger charge is 2.43. The van der Waals surface area contributed by atoms with Gasteiger partial charge in [-0.15, -0.1) is 0 Å². The standard InChI is InChI=1S/C8H16N2O3S/c1-10(7-4-9-5-8(7)11)14(12,13)6-2-3-6/h6-9,11H,2-5H2,1H3/t7-,8-/m0/s1. The van der Waals surface area contributed by atoms with Gasteiger partial charge in [-0.05, 0) is 12.8 Å². The predicted octanol–water partition coefficient (Wildman–Crippen LogP) is -1.26. The maximum atomic E-state index is 11.8. The van der Waals surface area contributed by atoms with Gasteiger partial charge in [-0.1, -0.05) is 0 Å². The molecule has 82 valence electrons. The van der Waals surface area contributed by atoms with Gasteiger partial charge in [-0.25, -0.2) is 8.42 Å². The van der Waals surface area contributed by atoms with Crippen LogP contribution in [0.5, 0.6) is 0 Å². The number of likely N-dealkylation sites (N-methyl/N-ethyl adjacent to an activating group) is 1. The molecule has 2 rings (SSSR count). The molecule has 2 N–H and O–H groups in total. The molecule has 2 atom stereocenters. The molecule has 0 unspecified atom stereocenters. The number of rotatable bonds is 3. The maximum Gasteiger partial charge on any atom is 0.217 e. The quantitative estimate of drug-likeness (QED) is 0.623. The molecule has 0 aromatic rings. The molecule has 1 aliphatic heterocycles. The summed E-state index contributed by atoms with van der Waals surface area (Å²) < 4.78 is 25.0. The number of hydrogen-bond donors (Lipinski definition) is 2. The van der Waals surface area contributed by atoms with Gasteiger partial charge in [0.25, 0.3) is 0 Å². The second-order valence-corrected chi connectivity index (χ2v) is 6.33. The van der Waals surface area contributed by atoms with Crippen LogP contribution in [0.3, 0.4) is 0 Å². The van der Waals surface area contributed by atoms with Crippen LogP contribution in [0.25, 0.3) is 0 Å². The first kappa shape index (κ1) is 10.4. The van der Waals surface area contributed by atoms with Gasteiger partial charge in [0.1, 0.15) is 0 Å². The van der Waals surface area contributed by atoms with Crippen LogP contribution in [0.4, 0.5) is 0 Å². The van der Waals surface area contributed by atoms with Crippen LogP contribution >= 0.6 is 0 Å². The molecule has 1 saturated heterocycles. The molecule has 0 spiro atoms. The van der Waals surface area contributed by atoms with E-state index in [-0.39, 0.29) is 11.3 Å². The lowest BCUT2D eigenvalue weighted by Gasteiger charge is -2.25. The molecule has 14 heavy (non-hydrogen) atoms. The van der Waals surface area contributed by atoms with Crippen molar-refractivity contribution in [3.8, 4) is 0 Å². The lowest BCUT2D eigenvalue weighted by Crippen LogP contribution is -2.45. The number of aliphatic hydroxyl groups is 1. The normalized spacial score (nSPS) is 33.9. The van der Waals surface area contributed by atoms with Crippen molar-refractivity contribution in [3.63, 3.8) is 0 Å². The Bertz CT molecular complexity index is 313. The Morgan fingerprint density at radius 3 is 2.43 bits per heavy atom. The Kier molecular flexibility index (Phi) is 2.55. The van der Waals surface area contributed by atoms with Gasteiger partial charge >= 0.3 is 0 Å². The zero-order valence-corrected chi connectivity index (χ0v) is 9.00. The highest BCUT2D eigenvalue weighted by atomic mass is 32.2. The number of nitrogens with one attached hydrogen (secondary N) is 1. The molecule has 1 saturated carbocycles. The van der Waals surface area contributed by atoms with Gasteiger partial charge in [0.05, 0.1) is 17.4 Å². The van der Waals surface area contributed by atoms with E-state index in [1.54, 1.807) is 7.05 Å². The molecule has 2 aliphatic rings. The Morgan fingerprint density at radius 1 is 1.36 bits per heavy atom. The SMILES string of the molecule is CN([C@H]1CNC[C@@H]1O)S(=O)(=O)C1CC1. The first-order valence-electron chi connectivity index (χ1n) is 4.89. The average Bonchev–Trinajstić information content (AvgIpc) is 2.89. The molecule has 0 bridgehead atoms. The van der Waals surface area contributed by atoms with Gasteiger partial charge < -0.3 is 10.4 Å². The van der Waals surface area contributed by atoms with E-state index in [4.69, 9.17) is 0 Å². The van der Waals surface area contributed by atoms with Crippen LogP contribution in [-0.2, 0) is 10.0 Å². The molecular weight excluding hydrogens is 204 g/mol. The largest absolute Gasteiger partial charge is 0.390 e. The van der Waals surface area contributed by atoms with Crippen LogP contribution in [-0.4, -0.2) is 55.4 Å². The minimum atomic E-state index is -3.15. The third-order valence-corrected chi connectivity index (χ3v) is 5.35. The van der Waals surface area contributed by atoms with Crippen molar-refractivity contribution in [2.24, 2.45) is 0 Å². The van der Waals surface area contributed by atoms with Crippen LogP contribution in [0, 0.1) is 0 Å². The average molecular weight is 220 g/mol. The summed E-state index contributed by atoms with van der Waals surface area (Å²) >= 11 is 0. The highest BCUT2D eigenvalue weighted by molar-refractivity contribution is 7.90. The van der Waals surface area contributed by atoms with Crippen molar-refractivity contribution in [2.45, 2.75) is 30.2 Å². The van der Waals surface area contributed by atoms with Gasteiger partial charge in [0.2, 0.25) is 10.0 Å². The predicted molar refractivity (Wildman–Crippen MR) is 52.4 cm³/mol. The number of hydrogen-bond acceptors (Lipinski definition) is 4. The monoisotopic (exact) mass is 220 g/mol. The van der Waals surface area contributed by atoms with Crippen LogP contribution in [0.2, 0.25) is 0 Å². The third kappa shape index (κ3) is 1.67. The fourth-order valence-corrected chi connectivity index (χ4v) is 3.61. The summed E-state index contributed by atoms with van der Waals surface area (Å²) in [4.78, 5) is 0. The Morgan fingerprint density at radius 2 is 2.00 bits per heavy atom. The molecule has 5 nitrogen and oxygen atoms in total. The van der Waals surface area contributed by atoms with E-state index >= 15 is 0 Å². The Balaban J connectivity index is 2.10. The second kappa shape index (κ2) is 3.44. The van der Waals surface area contributed by atoms with Gasteiger partial charge in [0.15, 0.2) is 0 Å². The smallest absolute Gasteiger partial charge is 0.217 e. The summed E-state index contributed by atoms with van der Waals surface area (Å²) in [5.74, 6) is 0. The van der Waals surface area contributed by atoms with Crippen molar-refractivity contribution in [1.29, 1.82) is 0 Å². The van der Waals surface area contributed by atoms with Crippen molar-refractivity contribution in [1.82, 2.24) is 9.62 Å². The summed E-state index contributed by atoms with van der Waals surface area (Å²) in [6, 6.07) is -0.291. The van der Waals surface area contributed by atoms with E-state index < -0.39 is 16.1 Å². The molecule has 1 heterocycles. The van der Waals surface area contributed by atoms with Crippen LogP contribution in [0.1, 0.15) is 12.8 Å². The number of β-amino-alcohol motifs (C(OH)–C–C–N with tert-alkyl or cyclic N) is 1. The zero-order valence-electron chi connectivity index (χ0n) is 8.18. The zero-order chi connectivity index (χ0) is 10.3.